The maximum atomic E-state index is 12.3. The second-order valence-corrected chi connectivity index (χ2v) is 4.43. The minimum Gasteiger partial charge on any atom is -0.508 e. The van der Waals surface area contributed by atoms with Crippen LogP contribution < -0.4 is 5.43 Å². The third kappa shape index (κ3) is 2.22. The van der Waals surface area contributed by atoms with E-state index in [0.717, 1.165) is 5.56 Å². The number of benzene rings is 2. The first kappa shape index (κ1) is 11.5. The molecule has 94 valence electrons. The van der Waals surface area contributed by atoms with Crippen LogP contribution in [0.15, 0.2) is 64.0 Å². The summed E-state index contributed by atoms with van der Waals surface area (Å²) < 4.78 is 5.46. The van der Waals surface area contributed by atoms with Crippen LogP contribution in [0.4, 0.5) is 0 Å². The lowest BCUT2D eigenvalue weighted by molar-refractivity contribution is 0.474. The second-order valence-electron chi connectivity index (χ2n) is 4.43. The molecule has 0 fully saturated rings. The van der Waals surface area contributed by atoms with E-state index in [-0.39, 0.29) is 11.2 Å². The molecule has 3 heteroatoms. The summed E-state index contributed by atoms with van der Waals surface area (Å²) in [6, 6.07) is 14.1. The summed E-state index contributed by atoms with van der Waals surface area (Å²) >= 11 is 0. The third-order valence-corrected chi connectivity index (χ3v) is 3.06. The predicted octanol–water partition coefficient (Wildman–Crippen LogP) is 3.09. The zero-order valence-electron chi connectivity index (χ0n) is 10.2. The molecule has 0 aliphatic heterocycles. The SMILES string of the molecule is O=c1c(Cc2cccc(O)c2)coc2ccccc12. The lowest BCUT2D eigenvalue weighted by atomic mass is 10.0. The van der Waals surface area contributed by atoms with Crippen LogP contribution >= 0.6 is 0 Å². The quantitative estimate of drug-likeness (QED) is 0.762. The van der Waals surface area contributed by atoms with Gasteiger partial charge in [-0.25, -0.2) is 0 Å². The molecule has 2 aromatic carbocycles. The first-order chi connectivity index (χ1) is 9.24. The molecule has 3 aromatic rings. The molecule has 0 saturated carbocycles. The highest BCUT2D eigenvalue weighted by Crippen LogP contribution is 2.16. The Labute approximate surface area is 109 Å². The first-order valence-electron chi connectivity index (χ1n) is 6.01. The van der Waals surface area contributed by atoms with Crippen molar-refractivity contribution in [2.75, 3.05) is 0 Å². The van der Waals surface area contributed by atoms with Crippen molar-refractivity contribution >= 4 is 11.0 Å². The molecule has 3 nitrogen and oxygen atoms in total. The van der Waals surface area contributed by atoms with Crippen LogP contribution in [0.25, 0.3) is 11.0 Å². The Hall–Kier alpha value is -2.55. The molecule has 0 amide bonds. The van der Waals surface area contributed by atoms with Crippen LogP contribution in [0.5, 0.6) is 5.75 Å². The molecule has 0 radical (unpaired) electrons. The fourth-order valence-corrected chi connectivity index (χ4v) is 2.13. The summed E-state index contributed by atoms with van der Waals surface area (Å²) in [5.41, 5.74) is 2.03. The standard InChI is InChI=1S/C16H12O3/c17-13-5-3-4-11(9-13)8-12-10-19-15-7-2-1-6-14(15)16(12)18/h1-7,9-10,17H,8H2. The molecule has 0 atom stereocenters. The van der Waals surface area contributed by atoms with Gasteiger partial charge in [0, 0.05) is 12.0 Å². The van der Waals surface area contributed by atoms with Crippen molar-refractivity contribution in [3.05, 3.63) is 76.1 Å². The Morgan fingerprint density at radius 2 is 1.89 bits per heavy atom. The summed E-state index contributed by atoms with van der Waals surface area (Å²) in [6.07, 6.45) is 1.94. The van der Waals surface area contributed by atoms with Gasteiger partial charge in [0.2, 0.25) is 0 Å². The molecule has 0 aliphatic rings. The zero-order chi connectivity index (χ0) is 13.2. The Bertz CT molecular complexity index is 787. The van der Waals surface area contributed by atoms with Gasteiger partial charge in [-0.15, -0.1) is 0 Å². The van der Waals surface area contributed by atoms with Crippen molar-refractivity contribution < 1.29 is 9.52 Å². The number of hydrogen-bond acceptors (Lipinski definition) is 3. The molecule has 0 unspecified atom stereocenters. The Morgan fingerprint density at radius 1 is 1.05 bits per heavy atom. The summed E-state index contributed by atoms with van der Waals surface area (Å²) in [5, 5.41) is 10.0. The van der Waals surface area contributed by atoms with Crippen LogP contribution in [-0.4, -0.2) is 5.11 Å². The minimum absolute atomic E-state index is 0.0230. The normalized spacial score (nSPS) is 10.7. The van der Waals surface area contributed by atoms with E-state index in [1.54, 1.807) is 30.3 Å². The lowest BCUT2D eigenvalue weighted by Crippen LogP contribution is -2.09. The molecule has 1 N–H and O–H groups in total. The van der Waals surface area contributed by atoms with E-state index in [9.17, 15) is 9.90 Å². The number of para-hydroxylation sites is 1. The molecule has 0 aliphatic carbocycles. The van der Waals surface area contributed by atoms with E-state index in [4.69, 9.17) is 4.42 Å². The van der Waals surface area contributed by atoms with Gasteiger partial charge in [-0.05, 0) is 29.8 Å². The molecular formula is C16H12O3. The second kappa shape index (κ2) is 4.61. The molecule has 0 bridgehead atoms. The van der Waals surface area contributed by atoms with E-state index in [2.05, 4.69) is 0 Å². The van der Waals surface area contributed by atoms with Gasteiger partial charge in [-0.2, -0.15) is 0 Å². The minimum atomic E-state index is -0.0230. The van der Waals surface area contributed by atoms with Crippen molar-refractivity contribution in [3.8, 4) is 5.75 Å². The van der Waals surface area contributed by atoms with Crippen molar-refractivity contribution in [1.82, 2.24) is 0 Å². The van der Waals surface area contributed by atoms with E-state index >= 15 is 0 Å². The Morgan fingerprint density at radius 3 is 2.74 bits per heavy atom. The average molecular weight is 252 g/mol. The first-order valence-corrected chi connectivity index (χ1v) is 6.01. The van der Waals surface area contributed by atoms with Gasteiger partial charge in [0.1, 0.15) is 11.3 Å². The number of fused-ring (bicyclic) bond motifs is 1. The van der Waals surface area contributed by atoms with Crippen LogP contribution in [0.1, 0.15) is 11.1 Å². The predicted molar refractivity (Wildman–Crippen MR) is 73.4 cm³/mol. The number of rotatable bonds is 2. The molecular weight excluding hydrogens is 240 g/mol. The third-order valence-electron chi connectivity index (χ3n) is 3.06. The highest BCUT2D eigenvalue weighted by atomic mass is 16.3. The van der Waals surface area contributed by atoms with Gasteiger partial charge < -0.3 is 9.52 Å². The fraction of sp³-hybridized carbons (Fsp3) is 0.0625. The van der Waals surface area contributed by atoms with E-state index in [1.165, 1.54) is 6.26 Å². The molecule has 19 heavy (non-hydrogen) atoms. The van der Waals surface area contributed by atoms with Crippen molar-refractivity contribution in [2.45, 2.75) is 6.42 Å². The summed E-state index contributed by atoms with van der Waals surface area (Å²) in [5.74, 6) is 0.197. The van der Waals surface area contributed by atoms with Gasteiger partial charge in [0.25, 0.3) is 0 Å². The van der Waals surface area contributed by atoms with Crippen molar-refractivity contribution in [3.63, 3.8) is 0 Å². The number of phenols is 1. The number of phenolic OH excluding ortho intramolecular Hbond substituents is 1. The van der Waals surface area contributed by atoms with E-state index in [1.807, 2.05) is 18.2 Å². The van der Waals surface area contributed by atoms with Crippen molar-refractivity contribution in [2.24, 2.45) is 0 Å². The van der Waals surface area contributed by atoms with Gasteiger partial charge in [-0.3, -0.25) is 4.79 Å². The Kier molecular flexibility index (Phi) is 2.80. The van der Waals surface area contributed by atoms with Gasteiger partial charge in [0.05, 0.1) is 11.6 Å². The fourth-order valence-electron chi connectivity index (χ4n) is 2.13. The number of aromatic hydroxyl groups is 1. The average Bonchev–Trinajstić information content (AvgIpc) is 2.42. The van der Waals surface area contributed by atoms with Crippen LogP contribution in [0.3, 0.4) is 0 Å². The zero-order valence-corrected chi connectivity index (χ0v) is 10.2. The summed E-state index contributed by atoms with van der Waals surface area (Å²) in [4.78, 5) is 12.3. The highest BCUT2D eigenvalue weighted by molar-refractivity contribution is 5.76. The molecule has 3 rings (SSSR count). The van der Waals surface area contributed by atoms with Gasteiger partial charge in [0.15, 0.2) is 5.43 Å². The maximum absolute atomic E-state index is 12.3. The van der Waals surface area contributed by atoms with Crippen LogP contribution in [-0.2, 0) is 6.42 Å². The van der Waals surface area contributed by atoms with Gasteiger partial charge >= 0.3 is 0 Å². The highest BCUT2D eigenvalue weighted by Gasteiger charge is 2.07. The lowest BCUT2D eigenvalue weighted by Gasteiger charge is -2.03. The smallest absolute Gasteiger partial charge is 0.196 e. The van der Waals surface area contributed by atoms with Crippen LogP contribution in [0.2, 0.25) is 0 Å². The van der Waals surface area contributed by atoms with Gasteiger partial charge in [-0.1, -0.05) is 24.3 Å². The largest absolute Gasteiger partial charge is 0.508 e. The molecule has 1 aromatic heterocycles. The monoisotopic (exact) mass is 252 g/mol. The van der Waals surface area contributed by atoms with E-state index < -0.39 is 0 Å². The topological polar surface area (TPSA) is 50.4 Å². The Balaban J connectivity index is 2.06. The summed E-state index contributed by atoms with van der Waals surface area (Å²) in [7, 11) is 0. The van der Waals surface area contributed by atoms with Crippen molar-refractivity contribution in [1.29, 1.82) is 0 Å². The van der Waals surface area contributed by atoms with Crippen LogP contribution in [0, 0.1) is 0 Å². The molecule has 0 saturated heterocycles. The number of hydrogen-bond donors (Lipinski definition) is 1. The molecule has 0 spiro atoms. The van der Waals surface area contributed by atoms with E-state index in [0.29, 0.717) is 23.0 Å². The maximum Gasteiger partial charge on any atom is 0.196 e. The summed E-state index contributed by atoms with van der Waals surface area (Å²) in [6.45, 7) is 0. The molecule has 1 heterocycles.